The molecule has 1 amide bonds. The van der Waals surface area contributed by atoms with Crippen molar-refractivity contribution in [2.24, 2.45) is 5.92 Å². The molecule has 1 N–H and O–H groups in total. The van der Waals surface area contributed by atoms with E-state index in [2.05, 4.69) is 5.32 Å². The lowest BCUT2D eigenvalue weighted by molar-refractivity contribution is -0.142. The average Bonchev–Trinajstić information content (AvgIpc) is 2.70. The fraction of sp³-hybridized carbons (Fsp3) is 0.348. The van der Waals surface area contributed by atoms with Crippen molar-refractivity contribution in [1.29, 1.82) is 0 Å². The number of Topliss-reactive ketones (excluding diaryl/α,β-unsaturated/α-hetero) is 1. The Hall–Kier alpha value is -3.15. The Morgan fingerprint density at radius 3 is 2.34 bits per heavy atom. The van der Waals surface area contributed by atoms with Crippen molar-refractivity contribution in [3.63, 3.8) is 0 Å². The summed E-state index contributed by atoms with van der Waals surface area (Å²) in [7, 11) is 1.58. The van der Waals surface area contributed by atoms with E-state index in [1.54, 1.807) is 31.4 Å². The van der Waals surface area contributed by atoms with Crippen LogP contribution in [0.1, 0.15) is 42.6 Å². The molecule has 0 radical (unpaired) electrons. The van der Waals surface area contributed by atoms with Gasteiger partial charge in [-0.1, -0.05) is 32.0 Å². The predicted molar refractivity (Wildman–Crippen MR) is 111 cm³/mol. The average molecular weight is 397 g/mol. The van der Waals surface area contributed by atoms with Crippen LogP contribution >= 0.6 is 0 Å². The summed E-state index contributed by atoms with van der Waals surface area (Å²) in [6.45, 7) is 3.63. The number of carbonyl (C=O) groups excluding carboxylic acids is 3. The molecule has 0 aromatic heterocycles. The maximum Gasteiger partial charge on any atom is 0.306 e. The van der Waals surface area contributed by atoms with Gasteiger partial charge in [0.25, 0.3) is 0 Å². The number of aryl methyl sites for hydroxylation is 1. The lowest BCUT2D eigenvalue weighted by atomic mass is 10.1. The standard InChI is InChI=1S/C23H27NO5/c1-16(2)14-22(26)24-19-11-8-17(9-12-19)20(25)15-29-23(27)13-10-18-6-4-5-7-21(18)28-3/h4-9,11-12,16H,10,13-15H2,1-3H3,(H,24,26). The molecular formula is C23H27NO5. The summed E-state index contributed by atoms with van der Waals surface area (Å²) in [5.41, 5.74) is 1.96. The van der Waals surface area contributed by atoms with E-state index < -0.39 is 5.97 Å². The molecule has 0 bridgehead atoms. The predicted octanol–water partition coefficient (Wildman–Crippen LogP) is 4.04. The molecule has 29 heavy (non-hydrogen) atoms. The summed E-state index contributed by atoms with van der Waals surface area (Å²) in [4.78, 5) is 36.0. The van der Waals surface area contributed by atoms with Gasteiger partial charge in [-0.15, -0.1) is 0 Å². The van der Waals surface area contributed by atoms with Crippen molar-refractivity contribution in [3.05, 3.63) is 59.7 Å². The SMILES string of the molecule is COc1ccccc1CCC(=O)OCC(=O)c1ccc(NC(=O)CC(C)C)cc1. The highest BCUT2D eigenvalue weighted by molar-refractivity contribution is 5.98. The normalized spacial score (nSPS) is 10.5. The molecule has 2 aromatic rings. The zero-order chi connectivity index (χ0) is 21.2. The van der Waals surface area contributed by atoms with Crippen LogP contribution in [0.15, 0.2) is 48.5 Å². The van der Waals surface area contributed by atoms with Crippen molar-refractivity contribution in [3.8, 4) is 5.75 Å². The fourth-order valence-electron chi connectivity index (χ4n) is 2.77. The number of hydrogen-bond acceptors (Lipinski definition) is 5. The Morgan fingerprint density at radius 1 is 1.00 bits per heavy atom. The van der Waals surface area contributed by atoms with E-state index in [0.717, 1.165) is 11.3 Å². The van der Waals surface area contributed by atoms with Gasteiger partial charge < -0.3 is 14.8 Å². The summed E-state index contributed by atoms with van der Waals surface area (Å²) < 4.78 is 10.3. The maximum absolute atomic E-state index is 12.2. The molecular weight excluding hydrogens is 370 g/mol. The summed E-state index contributed by atoms with van der Waals surface area (Å²) in [5, 5.41) is 2.79. The quantitative estimate of drug-likeness (QED) is 0.483. The first-order valence-electron chi connectivity index (χ1n) is 9.59. The highest BCUT2D eigenvalue weighted by Gasteiger charge is 2.12. The Kier molecular flexibility index (Phi) is 8.40. The first kappa shape index (κ1) is 22.1. The van der Waals surface area contributed by atoms with Gasteiger partial charge >= 0.3 is 5.97 Å². The van der Waals surface area contributed by atoms with Crippen LogP contribution in [-0.2, 0) is 20.7 Å². The summed E-state index contributed by atoms with van der Waals surface area (Å²) in [6, 6.07) is 14.0. The van der Waals surface area contributed by atoms with E-state index in [-0.39, 0.29) is 30.6 Å². The van der Waals surface area contributed by atoms with E-state index in [1.165, 1.54) is 0 Å². The van der Waals surface area contributed by atoms with Gasteiger partial charge in [-0.05, 0) is 48.2 Å². The highest BCUT2D eigenvalue weighted by Crippen LogP contribution is 2.19. The zero-order valence-corrected chi connectivity index (χ0v) is 17.1. The van der Waals surface area contributed by atoms with Crippen LogP contribution in [0.2, 0.25) is 0 Å². The van der Waals surface area contributed by atoms with Crippen molar-refractivity contribution in [1.82, 2.24) is 0 Å². The van der Waals surface area contributed by atoms with Crippen LogP contribution in [0.4, 0.5) is 5.69 Å². The number of ether oxygens (including phenoxy) is 2. The molecule has 0 saturated carbocycles. The third-order valence-corrected chi connectivity index (χ3v) is 4.24. The minimum absolute atomic E-state index is 0.0666. The molecule has 2 aromatic carbocycles. The van der Waals surface area contributed by atoms with Crippen LogP contribution < -0.4 is 10.1 Å². The number of methoxy groups -OCH3 is 1. The van der Waals surface area contributed by atoms with Gasteiger partial charge in [0, 0.05) is 24.1 Å². The lowest BCUT2D eigenvalue weighted by Gasteiger charge is -2.09. The maximum atomic E-state index is 12.2. The molecule has 0 aliphatic carbocycles. The van der Waals surface area contributed by atoms with E-state index in [0.29, 0.717) is 24.1 Å². The van der Waals surface area contributed by atoms with Crippen LogP contribution in [-0.4, -0.2) is 31.4 Å². The Bertz CT molecular complexity index is 843. The third kappa shape index (κ3) is 7.41. The number of nitrogens with one attached hydrogen (secondary N) is 1. The van der Waals surface area contributed by atoms with Gasteiger partial charge in [0.15, 0.2) is 12.4 Å². The molecule has 0 heterocycles. The number of benzene rings is 2. The van der Waals surface area contributed by atoms with Gasteiger partial charge in [-0.3, -0.25) is 14.4 Å². The summed E-state index contributed by atoms with van der Waals surface area (Å²) >= 11 is 0. The number of carbonyl (C=O) groups is 3. The van der Waals surface area contributed by atoms with E-state index in [9.17, 15) is 14.4 Å². The van der Waals surface area contributed by atoms with Crippen LogP contribution in [0, 0.1) is 5.92 Å². The largest absolute Gasteiger partial charge is 0.496 e. The Balaban J connectivity index is 1.79. The molecule has 0 aliphatic rings. The molecule has 0 aliphatic heterocycles. The van der Waals surface area contributed by atoms with E-state index >= 15 is 0 Å². The number of rotatable bonds is 10. The minimum atomic E-state index is -0.443. The first-order chi connectivity index (χ1) is 13.9. The van der Waals surface area contributed by atoms with Gasteiger partial charge in [0.05, 0.1) is 7.11 Å². The monoisotopic (exact) mass is 397 g/mol. The number of amides is 1. The number of para-hydroxylation sites is 1. The van der Waals surface area contributed by atoms with Gasteiger partial charge in [0.2, 0.25) is 5.91 Å². The molecule has 0 saturated heterocycles. The van der Waals surface area contributed by atoms with Crippen LogP contribution in [0.25, 0.3) is 0 Å². The third-order valence-electron chi connectivity index (χ3n) is 4.24. The molecule has 0 spiro atoms. The zero-order valence-electron chi connectivity index (χ0n) is 17.1. The second-order valence-electron chi connectivity index (χ2n) is 7.12. The number of ketones is 1. The van der Waals surface area contributed by atoms with Crippen LogP contribution in [0.3, 0.4) is 0 Å². The highest BCUT2D eigenvalue weighted by atomic mass is 16.5. The minimum Gasteiger partial charge on any atom is -0.496 e. The van der Waals surface area contributed by atoms with Crippen molar-refractivity contribution in [2.45, 2.75) is 33.1 Å². The van der Waals surface area contributed by atoms with Gasteiger partial charge in [-0.25, -0.2) is 0 Å². The smallest absolute Gasteiger partial charge is 0.306 e. The van der Waals surface area contributed by atoms with Crippen LogP contribution in [0.5, 0.6) is 5.75 Å². The number of hydrogen-bond donors (Lipinski definition) is 1. The molecule has 0 fully saturated rings. The summed E-state index contributed by atoms with van der Waals surface area (Å²) in [5.74, 6) is 0.186. The fourth-order valence-corrected chi connectivity index (χ4v) is 2.77. The Morgan fingerprint density at radius 2 is 1.69 bits per heavy atom. The molecule has 2 rings (SSSR count). The van der Waals surface area contributed by atoms with Crippen molar-refractivity contribution < 1.29 is 23.9 Å². The second kappa shape index (κ2) is 11.0. The molecule has 6 nitrogen and oxygen atoms in total. The molecule has 6 heteroatoms. The van der Waals surface area contributed by atoms with Crippen molar-refractivity contribution in [2.75, 3.05) is 19.0 Å². The number of anilines is 1. The van der Waals surface area contributed by atoms with Gasteiger partial charge in [-0.2, -0.15) is 0 Å². The van der Waals surface area contributed by atoms with Gasteiger partial charge in [0.1, 0.15) is 5.75 Å². The van der Waals surface area contributed by atoms with Crippen molar-refractivity contribution >= 4 is 23.3 Å². The molecule has 0 atom stereocenters. The molecule has 0 unspecified atom stereocenters. The Labute approximate surface area is 171 Å². The topological polar surface area (TPSA) is 81.7 Å². The lowest BCUT2D eigenvalue weighted by Crippen LogP contribution is -2.15. The van der Waals surface area contributed by atoms with E-state index in [1.807, 2.05) is 38.1 Å². The molecule has 154 valence electrons. The second-order valence-corrected chi connectivity index (χ2v) is 7.12. The first-order valence-corrected chi connectivity index (χ1v) is 9.59. The summed E-state index contributed by atoms with van der Waals surface area (Å²) in [6.07, 6.45) is 1.07. The van der Waals surface area contributed by atoms with E-state index in [4.69, 9.17) is 9.47 Å². The number of esters is 1.